The van der Waals surface area contributed by atoms with E-state index < -0.39 is 36.1 Å². The maximum atomic E-state index is 12.8. The van der Waals surface area contributed by atoms with Crippen molar-refractivity contribution in [2.75, 3.05) is 26.4 Å². The van der Waals surface area contributed by atoms with Crippen LogP contribution in [0.25, 0.3) is 44.1 Å². The molecule has 0 spiro atoms. The first-order valence-electron chi connectivity index (χ1n) is 40.6. The average Bonchev–Trinajstić information content (AvgIpc) is 1.61. The Kier molecular flexibility index (Phi) is 42.2. The molecule has 1 saturated heterocycles. The number of alkyl halides is 4. The maximum Gasteiger partial charge on any atom is 1.00 e. The molecule has 1 fully saturated rings. The summed E-state index contributed by atoms with van der Waals surface area (Å²) in [6.07, 6.45) is -4.34. The molecule has 3 unspecified atom stereocenters. The Balaban J connectivity index is 0.000000243. The zero-order chi connectivity index (χ0) is 92.8. The standard InChI is InChI=1S/C25H26N4O2.C18H22N4O2.C16H19BrN4O2.C15H18BF3O2.C10H13BrO.C6H5BrN4O.CH2O3.2K.H/c1-16-10-12-21(13-11-16)18(3)22-23-24(25(30)27-19(4)26-23)29(28-22)17(2)14-31-15-20-8-6-5-7-9-20;1-10-5-7-14(8-6-10)12(3)15-16-17(18(24)20-13(4)19-16)22(21-15)11(2)9-23;1-10(8-23-9-12-6-4-3-5-7-12)21-14-13(15(17)20-21)18-11(2)19-16(14)22;1-10(16-20-13(2,3)14(4,5)21-16)11-6-8-12(9-7-11)15(17,18)19;1-9(11)7-12-8-10-5-3-2-4-6-10;1-2-8-3-4(6(12)9-2)10-11-5(3)7;2-1-4-3;;;/h5-13,17H,3,14-15H2,1-2,4H3,(H,26,27,30);5-8,11-12,23H,9H2,1-4H3,(H,19,20,24);3-7,10,13-14H,8-9H2,1-2H3,(H,18,19,22);6-9H,1H2,2-5H3;2-6,9H,7-8H2,1H3;1H3,(H,10,11)(H,8,9,12);1,3H;;;/q;;;;;;;2*+1;-1/p-1/t17-;11-,12?;10-,13?,14?;;9-;;;;;/m000.1...../s1. The van der Waals surface area contributed by atoms with Gasteiger partial charge in [-0.05, 0) is 173 Å². The number of carbonyl (C=O) groups excluding carboxylic acids is 2. The molecule has 9 heterocycles. The third-order valence-corrected chi connectivity index (χ3v) is 22.0. The number of aliphatic imine (C=N–C) groups is 1. The molecule has 0 aliphatic carbocycles. The van der Waals surface area contributed by atoms with Crippen LogP contribution >= 0.6 is 47.8 Å². The number of aromatic nitrogens is 12. The first kappa shape index (κ1) is 108. The quantitative estimate of drug-likeness (QED) is 0.0114. The van der Waals surface area contributed by atoms with Gasteiger partial charge in [-0.2, -0.15) is 33.6 Å². The van der Waals surface area contributed by atoms with Crippen LogP contribution in [0.1, 0.15) is 168 Å². The molecule has 1 amide bonds. The van der Waals surface area contributed by atoms with Gasteiger partial charge < -0.3 is 60.5 Å². The number of halogens is 6. The van der Waals surface area contributed by atoms with Crippen molar-refractivity contribution >= 4 is 122 Å². The number of fused-ring (bicyclic) bond motifs is 4. The third-order valence-electron chi connectivity index (χ3n) is 20.6. The van der Waals surface area contributed by atoms with Gasteiger partial charge in [0, 0.05) is 16.3 Å². The van der Waals surface area contributed by atoms with E-state index in [4.69, 9.17) is 38.7 Å². The number of aliphatic hydroxyl groups is 1. The summed E-state index contributed by atoms with van der Waals surface area (Å²) in [7, 11) is -0.660. The number of nitrogens with one attached hydrogen (secondary N) is 5. The summed E-state index contributed by atoms with van der Waals surface area (Å²) in [5.74, 6) is 2.22. The maximum absolute atomic E-state index is 12.8. The van der Waals surface area contributed by atoms with Gasteiger partial charge in [0.2, 0.25) is 0 Å². The molecule has 6 N–H and O–H groups in total. The molecule has 0 radical (unpaired) electrons. The number of hydrogen-bond acceptors (Lipinski definition) is 22. The molecule has 7 atom stereocenters. The molecule has 6 aromatic carbocycles. The van der Waals surface area contributed by atoms with Gasteiger partial charge in [-0.25, -0.2) is 15.0 Å². The van der Waals surface area contributed by atoms with E-state index in [1.807, 2.05) is 165 Å². The van der Waals surface area contributed by atoms with Gasteiger partial charge in [-0.3, -0.25) is 48.4 Å². The van der Waals surface area contributed by atoms with E-state index in [-0.39, 0.29) is 170 Å². The summed E-state index contributed by atoms with van der Waals surface area (Å²) in [6, 6.07) is 50.2. The molecule has 0 saturated carbocycles. The zero-order valence-corrected chi connectivity index (χ0v) is 86.2. The molecule has 129 heavy (non-hydrogen) atoms. The van der Waals surface area contributed by atoms with Crippen LogP contribution in [0.4, 0.5) is 13.2 Å². The van der Waals surface area contributed by atoms with E-state index in [0.29, 0.717) is 120 Å². The Bertz CT molecular complexity index is 5960. The number of aromatic amines is 4. The van der Waals surface area contributed by atoms with E-state index in [9.17, 15) is 37.5 Å². The predicted molar refractivity (Wildman–Crippen MR) is 495 cm³/mol. The monoisotopic (exact) mass is 2010 g/mol. The van der Waals surface area contributed by atoms with Crippen LogP contribution in [0.5, 0.6) is 0 Å². The first-order valence-corrected chi connectivity index (χ1v) is 43.1. The summed E-state index contributed by atoms with van der Waals surface area (Å²) in [4.78, 5) is 86.1. The fourth-order valence-corrected chi connectivity index (χ4v) is 14.2. The number of rotatable bonds is 23. The van der Waals surface area contributed by atoms with E-state index in [0.717, 1.165) is 52.3 Å². The van der Waals surface area contributed by atoms with Crippen LogP contribution < -0.4 is 130 Å². The van der Waals surface area contributed by atoms with E-state index in [1.54, 1.807) is 42.1 Å². The second-order valence-corrected chi connectivity index (χ2v) is 34.6. The number of hydrogen-bond donors (Lipinski definition) is 6. The van der Waals surface area contributed by atoms with Gasteiger partial charge >= 0.3 is 116 Å². The van der Waals surface area contributed by atoms with Crippen molar-refractivity contribution in [3.63, 3.8) is 0 Å². The molecule has 29 nitrogen and oxygen atoms in total. The van der Waals surface area contributed by atoms with Gasteiger partial charge in [0.1, 0.15) is 60.8 Å². The number of hydrazone groups is 1. The molecule has 3 aliphatic rings. The number of H-pyrrole nitrogens is 4. The topological polar surface area (TPSA) is 374 Å². The van der Waals surface area contributed by atoms with Crippen LogP contribution in [-0.4, -0.2) is 160 Å². The fourth-order valence-electron chi connectivity index (χ4n) is 13.1. The average molecular weight is 2020 g/mol. The molecule has 15 rings (SSSR count). The number of aliphatic hydroxyl groups excluding tert-OH is 1. The smallest absolute Gasteiger partial charge is 1.00 e. The van der Waals surface area contributed by atoms with Crippen LogP contribution in [-0.2, 0) is 64.0 Å². The number of carbonyl (C=O) groups is 2. The van der Waals surface area contributed by atoms with Gasteiger partial charge in [0.25, 0.3) is 29.1 Å². The van der Waals surface area contributed by atoms with Crippen molar-refractivity contribution in [2.45, 2.75) is 182 Å². The van der Waals surface area contributed by atoms with Crippen LogP contribution in [0.2, 0.25) is 0 Å². The minimum Gasteiger partial charge on any atom is -1.00 e. The zero-order valence-electron chi connectivity index (χ0n) is 76.2. The van der Waals surface area contributed by atoms with Crippen LogP contribution in [0.15, 0.2) is 206 Å². The second kappa shape index (κ2) is 50.3. The Morgan fingerprint density at radius 2 is 1.05 bits per heavy atom. The van der Waals surface area contributed by atoms with E-state index in [1.165, 1.54) is 28.8 Å². The summed E-state index contributed by atoms with van der Waals surface area (Å²) in [6.45, 7) is 40.0. The summed E-state index contributed by atoms with van der Waals surface area (Å²) in [5, 5.41) is 42.8. The number of ether oxygens (including phenoxy) is 3. The normalized spacial score (nSPS) is 15.7. The Hall–Kier alpha value is -7.78. The largest absolute Gasteiger partial charge is 1.00 e. The predicted octanol–water partition coefficient (Wildman–Crippen LogP) is 9.53. The molecule has 674 valence electrons. The van der Waals surface area contributed by atoms with Gasteiger partial charge in [0.15, 0.2) is 22.6 Å². The molecule has 12 aromatic rings. The Labute approximate surface area is 857 Å². The minimum atomic E-state index is -4.34. The SMILES string of the molecule is C=C(B1OC(C)(C)C(C)(C)O1)c1ccc(C(F)(F)F)cc1.C=C(c1ccc(C)cc1)c1nn([C@@H](C)COCc2ccccc2)c2c(=O)[nH]c(C)nc12.CC1=NC2C(Br)=NN([C@@H](C)COCc3ccccc3)C2C(=O)N1.C[C@@H](Br)COCc1ccccc1.Cc1ccc(C(C)c2nn([C@@H](C)CO)c3c(=O)[nH]c(C)nc23)cc1.Cc1nc2c(Br)[nH]nc2c(=O)[nH]1.O=CO[O-].[H-].[K+].[K+]. The summed E-state index contributed by atoms with van der Waals surface area (Å²) >= 11 is 10.1. The van der Waals surface area contributed by atoms with Gasteiger partial charge in [-0.15, -0.1) is 0 Å². The molecule has 38 heteroatoms. The summed E-state index contributed by atoms with van der Waals surface area (Å²) in [5.41, 5.74) is 11.6. The van der Waals surface area contributed by atoms with Crippen LogP contribution in [0.3, 0.4) is 0 Å². The number of nitrogens with zero attached hydrogens (tertiary/aromatic N) is 11. The summed E-state index contributed by atoms with van der Waals surface area (Å²) < 4.78 is 71.0. The Morgan fingerprint density at radius 3 is 1.53 bits per heavy atom. The number of amides is 1. The van der Waals surface area contributed by atoms with E-state index >= 15 is 0 Å². The van der Waals surface area contributed by atoms with Crippen molar-refractivity contribution < 1.29 is 166 Å². The van der Waals surface area contributed by atoms with Gasteiger partial charge in [0.05, 0.1) is 86.8 Å². The molecular formula is C91H105BBr3F3K2N16O13. The number of benzene rings is 6. The molecular weight excluding hydrogens is 1910 g/mol. The molecule has 6 aromatic heterocycles. The van der Waals surface area contributed by atoms with Crippen molar-refractivity contribution in [3.05, 3.63) is 292 Å². The minimum absolute atomic E-state index is 0. The Morgan fingerprint density at radius 1 is 0.612 bits per heavy atom. The van der Waals surface area contributed by atoms with Gasteiger partial charge in [-0.1, -0.05) is 206 Å². The number of aryl methyl sites for hydroxylation is 5. The van der Waals surface area contributed by atoms with Crippen molar-refractivity contribution in [3.8, 4) is 0 Å². The third kappa shape index (κ3) is 29.9. The van der Waals surface area contributed by atoms with Crippen molar-refractivity contribution in [2.24, 2.45) is 10.1 Å². The molecule has 0 bridgehead atoms. The fraction of sp³-hybridized carbons (Fsp3) is 0.352. The van der Waals surface area contributed by atoms with Crippen molar-refractivity contribution in [1.82, 2.24) is 70.0 Å². The second-order valence-electron chi connectivity index (χ2n) is 31.5. The number of amidine groups is 1. The van der Waals surface area contributed by atoms with Crippen molar-refractivity contribution in [1.29, 1.82) is 0 Å². The molecule has 3 aliphatic heterocycles. The first-order chi connectivity index (χ1) is 60.2. The van der Waals surface area contributed by atoms with Crippen LogP contribution in [0, 0.1) is 34.6 Å². The van der Waals surface area contributed by atoms with E-state index in [2.05, 4.69) is 177 Å².